The second-order valence-corrected chi connectivity index (χ2v) is 9.91. The van der Waals surface area contributed by atoms with Crippen LogP contribution < -0.4 is 10.6 Å². The highest BCUT2D eigenvalue weighted by molar-refractivity contribution is 6.76. The summed E-state index contributed by atoms with van der Waals surface area (Å²) in [5.41, 5.74) is 0.764. The fourth-order valence-electron chi connectivity index (χ4n) is 1.95. The Hall–Kier alpha value is -0.430. The highest BCUT2D eigenvalue weighted by Crippen LogP contribution is 2.27. The van der Waals surface area contributed by atoms with Gasteiger partial charge in [0.05, 0.1) is 6.04 Å². The van der Waals surface area contributed by atoms with Crippen molar-refractivity contribution in [2.45, 2.75) is 26.5 Å². The average Bonchev–Trinajstić information content (AvgIpc) is 2.56. The molecule has 0 radical (unpaired) electrons. The molecule has 0 heterocycles. The van der Waals surface area contributed by atoms with Crippen molar-refractivity contribution in [1.82, 2.24) is 10.6 Å². The fraction of sp³-hybridized carbons (Fsp3) is 0.375. The van der Waals surface area contributed by atoms with Crippen LogP contribution in [0.15, 0.2) is 42.2 Å². The van der Waals surface area contributed by atoms with Gasteiger partial charge < -0.3 is 10.6 Å². The lowest BCUT2D eigenvalue weighted by atomic mass is 10.0. The van der Waals surface area contributed by atoms with Crippen molar-refractivity contribution in [1.29, 1.82) is 0 Å². The molecule has 0 fully saturated rings. The van der Waals surface area contributed by atoms with Gasteiger partial charge >= 0.3 is 0 Å². The number of hydrogen-bond donors (Lipinski definition) is 2. The molecule has 1 rings (SSSR count). The van der Waals surface area contributed by atoms with Gasteiger partial charge in [0.15, 0.2) is 0 Å². The van der Waals surface area contributed by atoms with Crippen LogP contribution in [0.4, 0.5) is 4.39 Å². The molecule has 0 bridgehead atoms. The smallest absolute Gasteiger partial charge is 0.272 e. The topological polar surface area (TPSA) is 58.2 Å². The molecule has 2 amide bonds. The Morgan fingerprint density at radius 3 is 2.07 bits per heavy atom. The van der Waals surface area contributed by atoms with Gasteiger partial charge in [0, 0.05) is 6.54 Å². The van der Waals surface area contributed by atoms with Crippen LogP contribution in [0, 0.1) is 0 Å². The number of alkyl halides is 6. The molecule has 27 heavy (non-hydrogen) atoms. The van der Waals surface area contributed by atoms with Crippen LogP contribution in [0.25, 0.3) is 0 Å². The van der Waals surface area contributed by atoms with Gasteiger partial charge in [-0.05, 0) is 24.5 Å². The molecule has 1 aromatic rings. The van der Waals surface area contributed by atoms with E-state index in [1.807, 2.05) is 0 Å². The third-order valence-electron chi connectivity index (χ3n) is 3.21. The van der Waals surface area contributed by atoms with Crippen molar-refractivity contribution in [2.75, 3.05) is 6.54 Å². The number of halogens is 7. The number of rotatable bonds is 7. The third kappa shape index (κ3) is 9.55. The van der Waals surface area contributed by atoms with Crippen molar-refractivity contribution < 1.29 is 14.0 Å². The second-order valence-electron chi connectivity index (χ2n) is 5.34. The van der Waals surface area contributed by atoms with Gasteiger partial charge in [0.1, 0.15) is 5.83 Å². The molecule has 0 saturated heterocycles. The van der Waals surface area contributed by atoms with Gasteiger partial charge in [-0.25, -0.2) is 4.39 Å². The highest BCUT2D eigenvalue weighted by Gasteiger charge is 2.33. The number of hydrogen-bond acceptors (Lipinski definition) is 2. The summed E-state index contributed by atoms with van der Waals surface area (Å²) in [6.07, 6.45) is 1.41. The van der Waals surface area contributed by atoms with Crippen LogP contribution in [0.2, 0.25) is 0 Å². The molecule has 0 saturated carbocycles. The normalized spacial score (nSPS) is 13.8. The molecule has 0 spiro atoms. The summed E-state index contributed by atoms with van der Waals surface area (Å²) in [7, 11) is 0. The first kappa shape index (κ1) is 24.6. The zero-order valence-corrected chi connectivity index (χ0v) is 18.2. The standard InChI is InChI=1S/C16H15Cl6FN2O2/c17-15(18,19)13(26)24-8-4-7-11(23)12(25-14(27)16(20,21)22)9-10-5-2-1-3-6-10/h1-3,5-7,12H,4,8-9H2,(H,24,26)(H,25,27). The molecule has 1 unspecified atom stereocenters. The van der Waals surface area contributed by atoms with Crippen LogP contribution in [-0.2, 0) is 16.0 Å². The first-order chi connectivity index (χ1) is 12.4. The third-order valence-corrected chi connectivity index (χ3v) is 4.23. The minimum absolute atomic E-state index is 0.0244. The first-order valence-corrected chi connectivity index (χ1v) is 9.80. The van der Waals surface area contributed by atoms with Gasteiger partial charge in [-0.3, -0.25) is 9.59 Å². The van der Waals surface area contributed by atoms with E-state index in [4.69, 9.17) is 69.6 Å². The maximum Gasteiger partial charge on any atom is 0.272 e. The van der Waals surface area contributed by atoms with Gasteiger partial charge in [-0.2, -0.15) is 0 Å². The predicted octanol–water partition coefficient (Wildman–Crippen LogP) is 4.81. The molecule has 1 atom stereocenters. The molecular weight excluding hydrogens is 484 g/mol. The Labute approximate surface area is 186 Å². The Morgan fingerprint density at radius 2 is 1.56 bits per heavy atom. The Kier molecular flexibility index (Phi) is 9.97. The minimum Gasteiger partial charge on any atom is -0.352 e. The maximum atomic E-state index is 14.6. The first-order valence-electron chi connectivity index (χ1n) is 7.53. The lowest BCUT2D eigenvalue weighted by molar-refractivity contribution is -0.121. The van der Waals surface area contributed by atoms with Crippen LogP contribution in [0.1, 0.15) is 12.0 Å². The molecule has 2 N–H and O–H groups in total. The van der Waals surface area contributed by atoms with E-state index in [2.05, 4.69) is 10.6 Å². The minimum atomic E-state index is -2.23. The number of carbonyl (C=O) groups excluding carboxylic acids is 2. The predicted molar refractivity (Wildman–Crippen MR) is 109 cm³/mol. The number of nitrogens with one attached hydrogen (secondary N) is 2. The van der Waals surface area contributed by atoms with Crippen LogP contribution in [0.3, 0.4) is 0 Å². The number of benzene rings is 1. The molecule has 150 valence electrons. The fourth-order valence-corrected chi connectivity index (χ4v) is 2.31. The monoisotopic (exact) mass is 496 g/mol. The van der Waals surface area contributed by atoms with E-state index in [0.717, 1.165) is 5.56 Å². The molecule has 0 aliphatic heterocycles. The second kappa shape index (κ2) is 10.9. The van der Waals surface area contributed by atoms with Crippen molar-refractivity contribution in [3.05, 3.63) is 47.8 Å². The van der Waals surface area contributed by atoms with E-state index in [1.54, 1.807) is 30.3 Å². The Morgan fingerprint density at radius 1 is 1.00 bits per heavy atom. The summed E-state index contributed by atoms with van der Waals surface area (Å²) in [5.74, 6) is -2.45. The molecule has 11 heteroatoms. The van der Waals surface area contributed by atoms with E-state index >= 15 is 0 Å². The van der Waals surface area contributed by atoms with E-state index in [9.17, 15) is 14.0 Å². The molecule has 1 aromatic carbocycles. The van der Waals surface area contributed by atoms with E-state index < -0.39 is 31.3 Å². The van der Waals surface area contributed by atoms with Gasteiger partial charge in [-0.15, -0.1) is 0 Å². The lowest BCUT2D eigenvalue weighted by Gasteiger charge is -2.20. The summed E-state index contributed by atoms with van der Waals surface area (Å²) in [6.45, 7) is 0.0244. The zero-order valence-electron chi connectivity index (χ0n) is 13.6. The van der Waals surface area contributed by atoms with Crippen molar-refractivity contribution in [3.63, 3.8) is 0 Å². The quantitative estimate of drug-likeness (QED) is 0.418. The molecule has 0 aromatic heterocycles. The van der Waals surface area contributed by atoms with Gasteiger partial charge in [0.2, 0.25) is 0 Å². The Balaban J connectivity index is 2.78. The molecular formula is C16H15Cl6FN2O2. The summed E-state index contributed by atoms with van der Waals surface area (Å²) in [6, 6.07) is 7.83. The van der Waals surface area contributed by atoms with Gasteiger partial charge in [-0.1, -0.05) is 99.9 Å². The summed E-state index contributed by atoms with van der Waals surface area (Å²) in [4.78, 5) is 23.3. The zero-order chi connectivity index (χ0) is 20.7. The van der Waals surface area contributed by atoms with Crippen LogP contribution in [-0.4, -0.2) is 32.0 Å². The largest absolute Gasteiger partial charge is 0.352 e. The lowest BCUT2D eigenvalue weighted by Crippen LogP contribution is -2.43. The SMILES string of the molecule is O=C(NCCC=C(F)C(Cc1ccccc1)NC(=O)C(Cl)(Cl)Cl)C(Cl)(Cl)Cl. The summed E-state index contributed by atoms with van der Waals surface area (Å²) in [5, 5.41) is 4.69. The number of carbonyl (C=O) groups is 2. The maximum absolute atomic E-state index is 14.6. The number of amides is 2. The molecule has 0 aliphatic rings. The summed E-state index contributed by atoms with van der Waals surface area (Å²) >= 11 is 32.8. The van der Waals surface area contributed by atoms with Crippen molar-refractivity contribution in [2.24, 2.45) is 0 Å². The average molecular weight is 499 g/mol. The van der Waals surface area contributed by atoms with E-state index in [-0.39, 0.29) is 19.4 Å². The highest BCUT2D eigenvalue weighted by atomic mass is 35.6. The van der Waals surface area contributed by atoms with E-state index in [1.165, 1.54) is 6.08 Å². The molecule has 0 aliphatic carbocycles. The van der Waals surface area contributed by atoms with Crippen LogP contribution >= 0.6 is 69.6 Å². The van der Waals surface area contributed by atoms with E-state index in [0.29, 0.717) is 0 Å². The summed E-state index contributed by atoms with van der Waals surface area (Å²) < 4.78 is 10.3. The Bertz CT molecular complexity index is 674. The van der Waals surface area contributed by atoms with Crippen molar-refractivity contribution in [3.8, 4) is 0 Å². The van der Waals surface area contributed by atoms with Crippen molar-refractivity contribution >= 4 is 81.4 Å². The van der Waals surface area contributed by atoms with Crippen LogP contribution in [0.5, 0.6) is 0 Å². The van der Waals surface area contributed by atoms with Gasteiger partial charge in [0.25, 0.3) is 19.4 Å². The molecule has 4 nitrogen and oxygen atoms in total.